The number of aliphatic hydroxyl groups excluding tert-OH is 2. The lowest BCUT2D eigenvalue weighted by atomic mass is 9.77. The monoisotopic (exact) mass is 428 g/mol. The Balaban J connectivity index is 2.06. The first kappa shape index (κ1) is 22.1. The molecule has 0 saturated heterocycles. The molecule has 1 heterocycles. The van der Waals surface area contributed by atoms with Gasteiger partial charge in [0.15, 0.2) is 0 Å². The number of ether oxygens (including phenoxy) is 1. The highest BCUT2D eigenvalue weighted by Gasteiger charge is 2.51. The van der Waals surface area contributed by atoms with Crippen LogP contribution in [0.3, 0.4) is 0 Å². The summed E-state index contributed by atoms with van der Waals surface area (Å²) in [6.45, 7) is -0.512. The standard InChI is InChI=1S/C20H23F3N2O5/c1-2-15(27)25(10-20(21,22)23)13-9-12(19(29)24-7-8-26)16-11-5-3-4-6-14(11)30-18(16)17(13)28/h3-6,9,13,16-18,26,28H,2,7-8,10H2,1H3,(H,24,29)/t13-,16+,17+,18+/m1/s1. The lowest BCUT2D eigenvalue weighted by Gasteiger charge is -2.40. The lowest BCUT2D eigenvalue weighted by Crippen LogP contribution is -2.57. The van der Waals surface area contributed by atoms with Gasteiger partial charge in [0.05, 0.1) is 18.6 Å². The molecule has 0 radical (unpaired) electrons. The fraction of sp³-hybridized carbons (Fsp3) is 0.500. The maximum Gasteiger partial charge on any atom is 0.406 e. The molecule has 1 aromatic carbocycles. The number of para-hydroxylation sites is 1. The quantitative estimate of drug-likeness (QED) is 0.631. The predicted octanol–water partition coefficient (Wildman–Crippen LogP) is 1.11. The minimum absolute atomic E-state index is 0.0521. The Hall–Kier alpha value is -2.59. The SMILES string of the molecule is CCC(=O)N(CC(F)(F)F)[C@@H]1C=C(C(=O)NCCO)[C@@H]2c3ccccc3O[C@@H]2[C@H]1O. The first-order valence-electron chi connectivity index (χ1n) is 9.58. The molecule has 4 atom stereocenters. The molecule has 3 N–H and O–H groups in total. The van der Waals surface area contributed by atoms with Crippen LogP contribution in [0.15, 0.2) is 35.9 Å². The third-order valence-electron chi connectivity index (χ3n) is 5.21. The average Bonchev–Trinajstić information content (AvgIpc) is 3.10. The number of amides is 2. The number of aliphatic hydroxyl groups is 2. The number of nitrogens with zero attached hydrogens (tertiary/aromatic N) is 1. The van der Waals surface area contributed by atoms with Crippen LogP contribution in [-0.2, 0) is 9.59 Å². The third-order valence-corrected chi connectivity index (χ3v) is 5.21. The number of benzene rings is 1. The van der Waals surface area contributed by atoms with Gasteiger partial charge in [0, 0.05) is 24.1 Å². The molecule has 0 spiro atoms. The fourth-order valence-electron chi connectivity index (χ4n) is 3.95. The van der Waals surface area contributed by atoms with E-state index in [0.717, 1.165) is 0 Å². The van der Waals surface area contributed by atoms with Crippen molar-refractivity contribution in [1.82, 2.24) is 10.2 Å². The molecule has 1 aliphatic carbocycles. The smallest absolute Gasteiger partial charge is 0.406 e. The molecule has 164 valence electrons. The minimum Gasteiger partial charge on any atom is -0.486 e. The predicted molar refractivity (Wildman–Crippen MR) is 99.6 cm³/mol. The Morgan fingerprint density at radius 2 is 1.97 bits per heavy atom. The van der Waals surface area contributed by atoms with E-state index in [4.69, 9.17) is 9.84 Å². The topological polar surface area (TPSA) is 99.1 Å². The number of carbonyl (C=O) groups is 2. The fourth-order valence-corrected chi connectivity index (χ4v) is 3.95. The first-order valence-corrected chi connectivity index (χ1v) is 9.58. The van der Waals surface area contributed by atoms with E-state index in [2.05, 4.69) is 5.32 Å². The second-order valence-corrected chi connectivity index (χ2v) is 7.17. The molecule has 30 heavy (non-hydrogen) atoms. The number of nitrogens with one attached hydrogen (secondary N) is 1. The third kappa shape index (κ3) is 4.29. The van der Waals surface area contributed by atoms with Crippen LogP contribution < -0.4 is 10.1 Å². The molecule has 0 unspecified atom stereocenters. The lowest BCUT2D eigenvalue weighted by molar-refractivity contribution is -0.170. The summed E-state index contributed by atoms with van der Waals surface area (Å²) in [5, 5.41) is 22.4. The van der Waals surface area contributed by atoms with E-state index in [1.54, 1.807) is 24.3 Å². The van der Waals surface area contributed by atoms with E-state index in [0.29, 0.717) is 16.2 Å². The van der Waals surface area contributed by atoms with E-state index >= 15 is 0 Å². The van der Waals surface area contributed by atoms with Crippen LogP contribution in [0.5, 0.6) is 5.75 Å². The van der Waals surface area contributed by atoms with Crippen molar-refractivity contribution in [2.45, 2.75) is 43.7 Å². The first-order chi connectivity index (χ1) is 14.2. The summed E-state index contributed by atoms with van der Waals surface area (Å²) in [5.41, 5.74) is 0.708. The Bertz CT molecular complexity index is 842. The summed E-state index contributed by atoms with van der Waals surface area (Å²) in [5.74, 6) is -1.71. The van der Waals surface area contributed by atoms with Crippen LogP contribution in [0.1, 0.15) is 24.8 Å². The molecule has 10 heteroatoms. The van der Waals surface area contributed by atoms with Gasteiger partial charge in [0.25, 0.3) is 0 Å². The van der Waals surface area contributed by atoms with E-state index in [9.17, 15) is 27.9 Å². The van der Waals surface area contributed by atoms with Crippen molar-refractivity contribution in [2.24, 2.45) is 0 Å². The van der Waals surface area contributed by atoms with Gasteiger partial charge in [-0.15, -0.1) is 0 Å². The van der Waals surface area contributed by atoms with E-state index in [1.807, 2.05) is 0 Å². The molecule has 0 fully saturated rings. The molecule has 1 aromatic rings. The average molecular weight is 428 g/mol. The van der Waals surface area contributed by atoms with Crippen molar-refractivity contribution in [3.63, 3.8) is 0 Å². The van der Waals surface area contributed by atoms with Crippen molar-refractivity contribution < 1.29 is 37.7 Å². The van der Waals surface area contributed by atoms with E-state index < -0.39 is 48.7 Å². The summed E-state index contributed by atoms with van der Waals surface area (Å²) in [6.07, 6.45) is -6.19. The Labute approximate surface area is 171 Å². The van der Waals surface area contributed by atoms with Crippen molar-refractivity contribution in [3.05, 3.63) is 41.5 Å². The highest BCUT2D eigenvalue weighted by atomic mass is 19.4. The number of hydrogen-bond donors (Lipinski definition) is 3. The van der Waals surface area contributed by atoms with Gasteiger partial charge in [-0.2, -0.15) is 13.2 Å². The molecular formula is C20H23F3N2O5. The molecule has 0 saturated carbocycles. The molecule has 7 nitrogen and oxygen atoms in total. The van der Waals surface area contributed by atoms with Crippen LogP contribution >= 0.6 is 0 Å². The summed E-state index contributed by atoms with van der Waals surface area (Å²) >= 11 is 0. The highest BCUT2D eigenvalue weighted by molar-refractivity contribution is 5.96. The summed E-state index contributed by atoms with van der Waals surface area (Å²) in [4.78, 5) is 25.6. The normalized spacial score (nSPS) is 24.9. The molecule has 3 rings (SSSR count). The summed E-state index contributed by atoms with van der Waals surface area (Å²) < 4.78 is 45.3. The number of fused-ring (bicyclic) bond motifs is 3. The van der Waals surface area contributed by atoms with Crippen molar-refractivity contribution in [2.75, 3.05) is 19.7 Å². The molecule has 2 aliphatic rings. The minimum atomic E-state index is -4.69. The zero-order valence-corrected chi connectivity index (χ0v) is 16.2. The molecular weight excluding hydrogens is 405 g/mol. The number of rotatable bonds is 6. The van der Waals surface area contributed by atoms with Gasteiger partial charge >= 0.3 is 6.18 Å². The van der Waals surface area contributed by atoms with E-state index in [1.165, 1.54) is 13.0 Å². The van der Waals surface area contributed by atoms with Crippen LogP contribution in [0, 0.1) is 0 Å². The zero-order valence-electron chi connectivity index (χ0n) is 16.2. The highest BCUT2D eigenvalue weighted by Crippen LogP contribution is 2.47. The largest absolute Gasteiger partial charge is 0.486 e. The summed E-state index contributed by atoms with van der Waals surface area (Å²) in [6, 6.07) is 5.38. The second-order valence-electron chi connectivity index (χ2n) is 7.17. The zero-order chi connectivity index (χ0) is 22.1. The van der Waals surface area contributed by atoms with Gasteiger partial charge in [0.1, 0.15) is 24.5 Å². The van der Waals surface area contributed by atoms with Crippen molar-refractivity contribution in [1.29, 1.82) is 0 Å². The van der Waals surface area contributed by atoms with Gasteiger partial charge in [-0.25, -0.2) is 0 Å². The van der Waals surface area contributed by atoms with Crippen LogP contribution in [-0.4, -0.2) is 71.0 Å². The molecule has 1 aliphatic heterocycles. The van der Waals surface area contributed by atoms with Crippen LogP contribution in [0.4, 0.5) is 13.2 Å². The number of alkyl halides is 3. The van der Waals surface area contributed by atoms with E-state index in [-0.39, 0.29) is 25.1 Å². The van der Waals surface area contributed by atoms with Gasteiger partial charge in [-0.3, -0.25) is 9.59 Å². The Morgan fingerprint density at radius 3 is 2.60 bits per heavy atom. The van der Waals surface area contributed by atoms with Crippen molar-refractivity contribution in [3.8, 4) is 5.75 Å². The van der Waals surface area contributed by atoms with Crippen LogP contribution in [0.2, 0.25) is 0 Å². The van der Waals surface area contributed by atoms with Crippen molar-refractivity contribution >= 4 is 11.8 Å². The van der Waals surface area contributed by atoms with Crippen LogP contribution in [0.25, 0.3) is 0 Å². The Kier molecular flexibility index (Phi) is 6.37. The molecule has 0 aromatic heterocycles. The van der Waals surface area contributed by atoms with Gasteiger partial charge in [-0.05, 0) is 12.1 Å². The molecule has 2 amide bonds. The summed E-state index contributed by atoms with van der Waals surface area (Å²) in [7, 11) is 0. The maximum atomic E-state index is 13.2. The number of hydrogen-bond acceptors (Lipinski definition) is 5. The van der Waals surface area contributed by atoms with Gasteiger partial charge < -0.3 is 25.2 Å². The maximum absolute atomic E-state index is 13.2. The second kappa shape index (κ2) is 8.65. The van der Waals surface area contributed by atoms with Gasteiger partial charge in [0.2, 0.25) is 11.8 Å². The number of carbonyl (C=O) groups excluding carboxylic acids is 2. The number of halogens is 3. The Morgan fingerprint density at radius 1 is 1.27 bits per heavy atom. The van der Waals surface area contributed by atoms with Gasteiger partial charge in [-0.1, -0.05) is 25.1 Å². The molecule has 0 bridgehead atoms.